The molecule has 1 fully saturated rings. The van der Waals surface area contributed by atoms with Gasteiger partial charge in [-0.15, -0.1) is 0 Å². The monoisotopic (exact) mass is 258 g/mol. The molecule has 17 heavy (non-hydrogen) atoms. The van der Waals surface area contributed by atoms with Gasteiger partial charge in [0.05, 0.1) is 0 Å². The molecule has 0 radical (unpaired) electrons. The maximum absolute atomic E-state index is 11.7. The first-order valence-corrected chi connectivity index (χ1v) is 6.18. The van der Waals surface area contributed by atoms with E-state index in [1.807, 2.05) is 0 Å². The van der Waals surface area contributed by atoms with Crippen LogP contribution < -0.4 is 5.73 Å². The molecular formula is C10H14N2O4S. The standard InChI is InChI=1S/C10H14N2O4S/c1-16-7-8(13)12-6(10(14)15)5(3-2-4-11)17-9(7)12/h7,9H,2-4,11H2,1H3,(H,14,15)/t7-,9+/m0/s1. The molecule has 0 aromatic carbocycles. The van der Waals surface area contributed by atoms with Gasteiger partial charge in [0.15, 0.2) is 6.10 Å². The fourth-order valence-corrected chi connectivity index (χ4v) is 3.52. The number of thioether (sulfide) groups is 1. The zero-order chi connectivity index (χ0) is 12.6. The average molecular weight is 258 g/mol. The number of rotatable bonds is 5. The van der Waals surface area contributed by atoms with E-state index in [-0.39, 0.29) is 17.0 Å². The Morgan fingerprint density at radius 2 is 2.35 bits per heavy atom. The molecule has 2 aliphatic heterocycles. The van der Waals surface area contributed by atoms with E-state index < -0.39 is 12.1 Å². The molecule has 2 aliphatic rings. The number of nitrogens with two attached hydrogens (primary N) is 1. The first-order valence-electron chi connectivity index (χ1n) is 5.30. The van der Waals surface area contributed by atoms with Gasteiger partial charge in [-0.3, -0.25) is 9.69 Å². The summed E-state index contributed by atoms with van der Waals surface area (Å²) in [6, 6.07) is 0. The Morgan fingerprint density at radius 3 is 2.88 bits per heavy atom. The van der Waals surface area contributed by atoms with Gasteiger partial charge in [0.1, 0.15) is 11.1 Å². The highest BCUT2D eigenvalue weighted by atomic mass is 32.2. The summed E-state index contributed by atoms with van der Waals surface area (Å²) in [7, 11) is 1.46. The van der Waals surface area contributed by atoms with Crippen LogP contribution in [0.25, 0.3) is 0 Å². The molecule has 94 valence electrons. The molecule has 2 rings (SSSR count). The molecule has 0 aromatic rings. The molecule has 1 saturated heterocycles. The summed E-state index contributed by atoms with van der Waals surface area (Å²) in [5, 5.41) is 8.93. The highest BCUT2D eigenvalue weighted by Crippen LogP contribution is 2.48. The van der Waals surface area contributed by atoms with Gasteiger partial charge in [-0.05, 0) is 19.4 Å². The normalized spacial score (nSPS) is 27.2. The Hall–Kier alpha value is -1.05. The van der Waals surface area contributed by atoms with Crippen LogP contribution in [-0.2, 0) is 14.3 Å². The number of hydrogen-bond donors (Lipinski definition) is 2. The molecule has 0 aromatic heterocycles. The molecule has 1 amide bonds. The maximum atomic E-state index is 11.7. The van der Waals surface area contributed by atoms with Crippen LogP contribution in [0, 0.1) is 0 Å². The smallest absolute Gasteiger partial charge is 0.353 e. The number of amides is 1. The number of methoxy groups -OCH3 is 1. The predicted molar refractivity (Wildman–Crippen MR) is 62.0 cm³/mol. The number of nitrogens with zero attached hydrogens (tertiary/aromatic N) is 1. The van der Waals surface area contributed by atoms with E-state index in [0.717, 1.165) is 4.91 Å². The summed E-state index contributed by atoms with van der Waals surface area (Å²) >= 11 is 1.40. The minimum Gasteiger partial charge on any atom is -0.477 e. The van der Waals surface area contributed by atoms with Crippen molar-refractivity contribution < 1.29 is 19.4 Å². The van der Waals surface area contributed by atoms with Crippen LogP contribution in [0.2, 0.25) is 0 Å². The summed E-state index contributed by atoms with van der Waals surface area (Å²) in [6.45, 7) is 0.503. The van der Waals surface area contributed by atoms with Crippen LogP contribution >= 0.6 is 11.8 Å². The van der Waals surface area contributed by atoms with Crippen molar-refractivity contribution in [1.29, 1.82) is 0 Å². The number of ether oxygens (including phenoxy) is 1. The van der Waals surface area contributed by atoms with Crippen molar-refractivity contribution in [2.24, 2.45) is 5.73 Å². The molecule has 0 unspecified atom stereocenters. The van der Waals surface area contributed by atoms with Gasteiger partial charge >= 0.3 is 5.97 Å². The highest BCUT2D eigenvalue weighted by molar-refractivity contribution is 8.04. The van der Waals surface area contributed by atoms with E-state index in [0.29, 0.717) is 19.4 Å². The second-order valence-corrected chi connectivity index (χ2v) is 5.05. The van der Waals surface area contributed by atoms with Gasteiger partial charge in [-0.25, -0.2) is 4.79 Å². The zero-order valence-corrected chi connectivity index (χ0v) is 10.2. The van der Waals surface area contributed by atoms with Crippen LogP contribution in [0.1, 0.15) is 12.8 Å². The molecule has 0 spiro atoms. The van der Waals surface area contributed by atoms with Gasteiger partial charge in [-0.2, -0.15) is 0 Å². The minimum absolute atomic E-state index is 0.103. The molecular weight excluding hydrogens is 244 g/mol. The number of β-lactam (4-membered cyclic amide) rings is 1. The number of fused-ring (bicyclic) bond motifs is 1. The minimum atomic E-state index is -1.06. The summed E-state index contributed by atoms with van der Waals surface area (Å²) in [4.78, 5) is 24.9. The van der Waals surface area contributed by atoms with Crippen molar-refractivity contribution in [2.75, 3.05) is 13.7 Å². The predicted octanol–water partition coefficient (Wildman–Crippen LogP) is -0.0484. The van der Waals surface area contributed by atoms with Crippen molar-refractivity contribution in [1.82, 2.24) is 4.90 Å². The highest BCUT2D eigenvalue weighted by Gasteiger charge is 2.56. The largest absolute Gasteiger partial charge is 0.477 e. The second kappa shape index (κ2) is 4.67. The van der Waals surface area contributed by atoms with Gasteiger partial charge in [0.25, 0.3) is 5.91 Å². The Kier molecular flexibility index (Phi) is 3.41. The van der Waals surface area contributed by atoms with E-state index in [2.05, 4.69) is 0 Å². The van der Waals surface area contributed by atoms with E-state index in [9.17, 15) is 9.59 Å². The van der Waals surface area contributed by atoms with Gasteiger partial charge in [0, 0.05) is 12.0 Å². The van der Waals surface area contributed by atoms with Crippen LogP contribution in [0.4, 0.5) is 0 Å². The summed E-state index contributed by atoms with van der Waals surface area (Å²) in [5.74, 6) is -1.33. The lowest BCUT2D eigenvalue weighted by Crippen LogP contribution is -2.61. The first kappa shape index (κ1) is 12.4. The van der Waals surface area contributed by atoms with Crippen LogP contribution in [-0.4, -0.2) is 47.0 Å². The lowest BCUT2D eigenvalue weighted by Gasteiger charge is -2.40. The number of carbonyl (C=O) groups excluding carboxylic acids is 1. The number of carbonyl (C=O) groups is 2. The molecule has 7 heteroatoms. The topological polar surface area (TPSA) is 92.9 Å². The lowest BCUT2D eigenvalue weighted by atomic mass is 10.1. The molecule has 0 saturated carbocycles. The van der Waals surface area contributed by atoms with Crippen molar-refractivity contribution in [3.8, 4) is 0 Å². The van der Waals surface area contributed by atoms with Crippen molar-refractivity contribution in [3.05, 3.63) is 10.6 Å². The number of allylic oxidation sites excluding steroid dienone is 1. The van der Waals surface area contributed by atoms with Crippen LogP contribution in [0.3, 0.4) is 0 Å². The third kappa shape index (κ3) is 1.84. The van der Waals surface area contributed by atoms with Gasteiger partial charge in [-0.1, -0.05) is 11.8 Å². The van der Waals surface area contributed by atoms with Crippen molar-refractivity contribution >= 4 is 23.6 Å². The zero-order valence-electron chi connectivity index (χ0n) is 9.38. The fraction of sp³-hybridized carbons (Fsp3) is 0.600. The third-order valence-corrected chi connectivity index (χ3v) is 4.21. The molecule has 0 aliphatic carbocycles. The van der Waals surface area contributed by atoms with E-state index in [4.69, 9.17) is 15.6 Å². The molecule has 2 atom stereocenters. The number of carboxylic acids is 1. The van der Waals surface area contributed by atoms with Crippen LogP contribution in [0.15, 0.2) is 10.6 Å². The number of aliphatic carboxylic acids is 1. The molecule has 3 N–H and O–H groups in total. The molecule has 0 bridgehead atoms. The van der Waals surface area contributed by atoms with E-state index >= 15 is 0 Å². The van der Waals surface area contributed by atoms with Crippen molar-refractivity contribution in [2.45, 2.75) is 24.3 Å². The van der Waals surface area contributed by atoms with E-state index in [1.165, 1.54) is 23.8 Å². The average Bonchev–Trinajstić information content (AvgIpc) is 2.62. The Bertz CT molecular complexity index is 396. The van der Waals surface area contributed by atoms with Crippen LogP contribution in [0.5, 0.6) is 0 Å². The number of carboxylic acid groups (broad SMARTS) is 1. The molecule has 2 heterocycles. The lowest BCUT2D eigenvalue weighted by molar-refractivity contribution is -0.161. The summed E-state index contributed by atoms with van der Waals surface area (Å²) < 4.78 is 5.04. The first-order chi connectivity index (χ1) is 8.11. The van der Waals surface area contributed by atoms with Gasteiger partial charge in [0.2, 0.25) is 0 Å². The molecule has 6 nitrogen and oxygen atoms in total. The second-order valence-electron chi connectivity index (χ2n) is 3.84. The summed E-state index contributed by atoms with van der Waals surface area (Å²) in [6.07, 6.45) is 0.787. The van der Waals surface area contributed by atoms with Crippen molar-refractivity contribution in [3.63, 3.8) is 0 Å². The Morgan fingerprint density at radius 1 is 1.65 bits per heavy atom. The maximum Gasteiger partial charge on any atom is 0.353 e. The van der Waals surface area contributed by atoms with E-state index in [1.54, 1.807) is 0 Å². The Balaban J connectivity index is 2.20. The fourth-order valence-electron chi connectivity index (χ4n) is 2.01. The third-order valence-electron chi connectivity index (χ3n) is 2.83. The summed E-state index contributed by atoms with van der Waals surface area (Å²) in [5.41, 5.74) is 5.51. The SMILES string of the molecule is CO[C@H]1C(=O)N2C(C(=O)O)=C(CCCN)S[C@H]12. The quantitative estimate of drug-likeness (QED) is 0.672. The Labute approximate surface area is 103 Å². The number of hydrogen-bond acceptors (Lipinski definition) is 5. The van der Waals surface area contributed by atoms with Gasteiger partial charge < -0.3 is 15.6 Å².